The molecule has 1 fully saturated rings. The number of carbonyl (C=O) groups is 1. The molecule has 0 radical (unpaired) electrons. The maximum Gasteiger partial charge on any atom is 0.224 e. The summed E-state index contributed by atoms with van der Waals surface area (Å²) in [5.41, 5.74) is 0. The Bertz CT molecular complexity index is 169. The van der Waals surface area contributed by atoms with Crippen LogP contribution in [0.25, 0.3) is 0 Å². The van der Waals surface area contributed by atoms with E-state index in [-0.39, 0.29) is 12.5 Å². The molecule has 0 aliphatic carbocycles. The highest BCUT2D eigenvalue weighted by Gasteiger charge is 2.15. The summed E-state index contributed by atoms with van der Waals surface area (Å²) in [7, 11) is 0. The Morgan fingerprint density at radius 3 is 2.71 bits per heavy atom. The van der Waals surface area contributed by atoms with Crippen molar-refractivity contribution in [2.75, 3.05) is 46.0 Å². The van der Waals surface area contributed by atoms with Crippen molar-refractivity contribution < 1.29 is 14.6 Å². The number of hydrogen-bond acceptors (Lipinski definition) is 4. The van der Waals surface area contributed by atoms with Crippen LogP contribution in [0, 0.1) is 0 Å². The highest BCUT2D eigenvalue weighted by atomic mass is 16.5. The van der Waals surface area contributed by atoms with Crippen molar-refractivity contribution in [2.45, 2.75) is 6.42 Å². The summed E-state index contributed by atoms with van der Waals surface area (Å²) in [5.74, 6) is 0.165. The van der Waals surface area contributed by atoms with Gasteiger partial charge >= 0.3 is 0 Å². The molecule has 1 aliphatic heterocycles. The molecule has 0 aromatic carbocycles. The number of ether oxygens (including phenoxy) is 1. The van der Waals surface area contributed by atoms with Crippen molar-refractivity contribution in [3.05, 3.63) is 0 Å². The van der Waals surface area contributed by atoms with E-state index in [1.54, 1.807) is 0 Å². The second kappa shape index (κ2) is 6.75. The van der Waals surface area contributed by atoms with Gasteiger partial charge in [0.2, 0.25) is 5.91 Å². The Morgan fingerprint density at radius 2 is 2.07 bits per heavy atom. The molecule has 1 aliphatic rings. The Hall–Kier alpha value is -0.650. The molecular formula is C9H18N2O3. The Balaban J connectivity index is 2.07. The lowest BCUT2D eigenvalue weighted by molar-refractivity contribution is -0.135. The predicted octanol–water partition coefficient (Wildman–Crippen LogP) is -1.18. The smallest absolute Gasteiger partial charge is 0.224 e. The molecule has 0 atom stereocenters. The normalized spacial score (nSPS) is 17.1. The Kier molecular flexibility index (Phi) is 5.51. The third-order valence-electron chi connectivity index (χ3n) is 2.17. The number of carbonyl (C=O) groups excluding carboxylic acids is 1. The van der Waals surface area contributed by atoms with Gasteiger partial charge in [-0.05, 0) is 0 Å². The summed E-state index contributed by atoms with van der Waals surface area (Å²) < 4.78 is 5.15. The van der Waals surface area contributed by atoms with E-state index in [2.05, 4.69) is 5.32 Å². The van der Waals surface area contributed by atoms with Crippen LogP contribution in [0.15, 0.2) is 0 Å². The zero-order valence-corrected chi connectivity index (χ0v) is 8.37. The first-order valence-electron chi connectivity index (χ1n) is 5.01. The number of amides is 1. The van der Waals surface area contributed by atoms with Crippen molar-refractivity contribution >= 4 is 5.91 Å². The first kappa shape index (κ1) is 11.4. The summed E-state index contributed by atoms with van der Waals surface area (Å²) in [6, 6.07) is 0. The summed E-state index contributed by atoms with van der Waals surface area (Å²) in [6.45, 7) is 4.02. The molecule has 1 heterocycles. The number of morpholine rings is 1. The molecule has 1 rings (SSSR count). The quantitative estimate of drug-likeness (QED) is 0.551. The van der Waals surface area contributed by atoms with Gasteiger partial charge in [-0.1, -0.05) is 0 Å². The number of hydrogen-bond donors (Lipinski definition) is 2. The van der Waals surface area contributed by atoms with E-state index in [1.165, 1.54) is 0 Å². The molecule has 1 amide bonds. The number of aliphatic hydroxyl groups excluding tert-OH is 1. The minimum absolute atomic E-state index is 0.117. The van der Waals surface area contributed by atoms with Gasteiger partial charge in [0.15, 0.2) is 0 Å². The van der Waals surface area contributed by atoms with Gasteiger partial charge in [0.05, 0.1) is 19.8 Å². The number of nitrogens with zero attached hydrogens (tertiary/aromatic N) is 1. The van der Waals surface area contributed by atoms with E-state index in [4.69, 9.17) is 9.84 Å². The molecule has 0 spiro atoms. The van der Waals surface area contributed by atoms with E-state index in [1.807, 2.05) is 4.90 Å². The summed E-state index contributed by atoms with van der Waals surface area (Å²) in [6.07, 6.45) is 0.500. The van der Waals surface area contributed by atoms with Crippen molar-refractivity contribution in [2.24, 2.45) is 0 Å². The molecule has 14 heavy (non-hydrogen) atoms. The second-order valence-electron chi connectivity index (χ2n) is 3.22. The van der Waals surface area contributed by atoms with Crippen LogP contribution >= 0.6 is 0 Å². The fourth-order valence-corrected chi connectivity index (χ4v) is 1.37. The monoisotopic (exact) mass is 202 g/mol. The van der Waals surface area contributed by atoms with Crippen LogP contribution in [0.5, 0.6) is 0 Å². The Labute approximate surface area is 84.0 Å². The van der Waals surface area contributed by atoms with Gasteiger partial charge in [-0.15, -0.1) is 0 Å². The number of rotatable bonds is 5. The van der Waals surface area contributed by atoms with E-state index >= 15 is 0 Å². The van der Waals surface area contributed by atoms with Crippen molar-refractivity contribution in [1.82, 2.24) is 10.2 Å². The van der Waals surface area contributed by atoms with Gasteiger partial charge in [-0.2, -0.15) is 0 Å². The molecule has 0 aromatic heterocycles. The number of aliphatic hydroxyl groups is 1. The van der Waals surface area contributed by atoms with Crippen molar-refractivity contribution in [3.8, 4) is 0 Å². The minimum Gasteiger partial charge on any atom is -0.395 e. The maximum atomic E-state index is 11.5. The topological polar surface area (TPSA) is 61.8 Å². The molecular weight excluding hydrogens is 184 g/mol. The van der Waals surface area contributed by atoms with Gasteiger partial charge in [-0.3, -0.25) is 4.79 Å². The average molecular weight is 202 g/mol. The maximum absolute atomic E-state index is 11.5. The van der Waals surface area contributed by atoms with Crippen LogP contribution in [0.2, 0.25) is 0 Å². The van der Waals surface area contributed by atoms with Crippen LogP contribution in [0.1, 0.15) is 6.42 Å². The molecule has 5 heteroatoms. The van der Waals surface area contributed by atoms with Crippen molar-refractivity contribution in [1.29, 1.82) is 0 Å². The minimum atomic E-state index is 0.117. The van der Waals surface area contributed by atoms with Gasteiger partial charge in [0.1, 0.15) is 0 Å². The second-order valence-corrected chi connectivity index (χ2v) is 3.22. The predicted molar refractivity (Wildman–Crippen MR) is 52.0 cm³/mol. The summed E-state index contributed by atoms with van der Waals surface area (Å²) in [4.78, 5) is 13.4. The fraction of sp³-hybridized carbons (Fsp3) is 0.889. The lowest BCUT2D eigenvalue weighted by atomic mass is 10.3. The number of nitrogens with one attached hydrogen (secondary N) is 1. The zero-order chi connectivity index (χ0) is 10.2. The highest BCUT2D eigenvalue weighted by Crippen LogP contribution is 1.99. The van der Waals surface area contributed by atoms with Gasteiger partial charge in [-0.25, -0.2) is 0 Å². The first-order valence-corrected chi connectivity index (χ1v) is 5.01. The molecule has 0 saturated carbocycles. The lowest BCUT2D eigenvalue weighted by Crippen LogP contribution is -2.41. The van der Waals surface area contributed by atoms with Gasteiger partial charge < -0.3 is 20.1 Å². The van der Waals surface area contributed by atoms with Gasteiger partial charge in [0, 0.05) is 32.6 Å². The molecule has 0 unspecified atom stereocenters. The molecule has 0 bridgehead atoms. The van der Waals surface area contributed by atoms with E-state index < -0.39 is 0 Å². The van der Waals surface area contributed by atoms with Crippen LogP contribution in [0.4, 0.5) is 0 Å². The van der Waals surface area contributed by atoms with E-state index in [0.29, 0.717) is 45.8 Å². The average Bonchev–Trinajstić information content (AvgIpc) is 2.25. The third kappa shape index (κ3) is 4.04. The molecule has 1 saturated heterocycles. The van der Waals surface area contributed by atoms with Crippen LogP contribution in [-0.4, -0.2) is 61.9 Å². The largest absolute Gasteiger partial charge is 0.395 e. The molecule has 2 N–H and O–H groups in total. The first-order chi connectivity index (χ1) is 6.84. The SMILES string of the molecule is O=C(CCNCCO)N1CCOCC1. The molecule has 82 valence electrons. The lowest BCUT2D eigenvalue weighted by Gasteiger charge is -2.26. The van der Waals surface area contributed by atoms with Crippen molar-refractivity contribution in [3.63, 3.8) is 0 Å². The van der Waals surface area contributed by atoms with Gasteiger partial charge in [0.25, 0.3) is 0 Å². The highest BCUT2D eigenvalue weighted by molar-refractivity contribution is 5.76. The fourth-order valence-electron chi connectivity index (χ4n) is 1.37. The standard InChI is InChI=1S/C9H18N2O3/c12-6-3-10-2-1-9(13)11-4-7-14-8-5-11/h10,12H,1-8H2. The van der Waals surface area contributed by atoms with Crippen LogP contribution < -0.4 is 5.32 Å². The summed E-state index contributed by atoms with van der Waals surface area (Å²) >= 11 is 0. The molecule has 0 aromatic rings. The summed E-state index contributed by atoms with van der Waals surface area (Å²) in [5, 5.41) is 11.5. The Morgan fingerprint density at radius 1 is 1.36 bits per heavy atom. The van der Waals surface area contributed by atoms with E-state index in [0.717, 1.165) is 0 Å². The van der Waals surface area contributed by atoms with Crippen LogP contribution in [0.3, 0.4) is 0 Å². The third-order valence-corrected chi connectivity index (χ3v) is 2.17. The van der Waals surface area contributed by atoms with E-state index in [9.17, 15) is 4.79 Å². The zero-order valence-electron chi connectivity index (χ0n) is 8.37. The molecule has 5 nitrogen and oxygen atoms in total. The van der Waals surface area contributed by atoms with Crippen LogP contribution in [-0.2, 0) is 9.53 Å².